The number of rotatable bonds is 5. The third kappa shape index (κ3) is 3.99. The van der Waals surface area contributed by atoms with Crippen LogP contribution < -0.4 is 10.6 Å². The Morgan fingerprint density at radius 1 is 1.22 bits per heavy atom. The minimum absolute atomic E-state index is 0.226. The lowest BCUT2D eigenvalue weighted by Crippen LogP contribution is -2.44. The molecule has 3 rings (SSSR count). The fraction of sp³-hybridized carbons (Fsp3) is 0.368. The number of hydrogen-bond donors (Lipinski definition) is 2. The molecule has 0 aliphatic heterocycles. The van der Waals surface area contributed by atoms with E-state index in [1.54, 1.807) is 11.6 Å². The first-order valence-electron chi connectivity index (χ1n) is 8.97. The predicted molar refractivity (Wildman–Crippen MR) is 97.7 cm³/mol. The van der Waals surface area contributed by atoms with Gasteiger partial charge in [-0.2, -0.15) is 5.10 Å². The van der Waals surface area contributed by atoms with E-state index in [9.17, 15) is 14.4 Å². The van der Waals surface area contributed by atoms with Crippen molar-refractivity contribution < 1.29 is 19.1 Å². The zero-order chi connectivity index (χ0) is 19.4. The van der Waals surface area contributed by atoms with E-state index >= 15 is 0 Å². The van der Waals surface area contributed by atoms with Crippen molar-refractivity contribution in [1.82, 2.24) is 20.4 Å². The molecule has 0 spiro atoms. The molecule has 8 heteroatoms. The van der Waals surface area contributed by atoms with Crippen molar-refractivity contribution in [2.45, 2.75) is 39.2 Å². The summed E-state index contributed by atoms with van der Waals surface area (Å²) in [6.07, 6.45) is 1.40. The Labute approximate surface area is 156 Å². The van der Waals surface area contributed by atoms with Crippen LogP contribution in [0.3, 0.4) is 0 Å². The molecule has 1 heterocycles. The van der Waals surface area contributed by atoms with E-state index in [-0.39, 0.29) is 5.69 Å². The number of esters is 1. The smallest absolute Gasteiger partial charge is 0.359 e. The summed E-state index contributed by atoms with van der Waals surface area (Å²) in [7, 11) is 0. The van der Waals surface area contributed by atoms with Crippen LogP contribution >= 0.6 is 0 Å². The number of benzene rings is 1. The molecular formula is C19H22N4O4. The zero-order valence-electron chi connectivity index (χ0n) is 15.3. The van der Waals surface area contributed by atoms with Crippen LogP contribution in [0.1, 0.15) is 42.0 Å². The molecule has 0 saturated carbocycles. The first kappa shape index (κ1) is 18.6. The van der Waals surface area contributed by atoms with Crippen molar-refractivity contribution >= 4 is 17.9 Å². The van der Waals surface area contributed by atoms with Gasteiger partial charge < -0.3 is 10.1 Å². The second-order valence-electron chi connectivity index (χ2n) is 6.27. The van der Waals surface area contributed by atoms with Crippen LogP contribution in [0.5, 0.6) is 0 Å². The molecule has 2 N–H and O–H groups in total. The number of fused-ring (bicyclic) bond motifs is 1. The Morgan fingerprint density at radius 3 is 2.67 bits per heavy atom. The van der Waals surface area contributed by atoms with Crippen LogP contribution in [0.4, 0.5) is 4.79 Å². The van der Waals surface area contributed by atoms with Crippen molar-refractivity contribution in [3.05, 3.63) is 47.3 Å². The number of amides is 3. The fourth-order valence-corrected chi connectivity index (χ4v) is 3.07. The highest BCUT2D eigenvalue weighted by Gasteiger charge is 2.30. The molecule has 1 unspecified atom stereocenters. The number of para-hydroxylation sites is 1. The van der Waals surface area contributed by atoms with E-state index in [0.717, 1.165) is 36.2 Å². The van der Waals surface area contributed by atoms with Gasteiger partial charge in [0.2, 0.25) is 0 Å². The predicted octanol–water partition coefficient (Wildman–Crippen LogP) is 1.75. The highest BCUT2D eigenvalue weighted by molar-refractivity contribution is 5.98. The summed E-state index contributed by atoms with van der Waals surface area (Å²) in [5, 5.41) is 9.01. The van der Waals surface area contributed by atoms with Crippen LogP contribution in [0.25, 0.3) is 5.69 Å². The molecule has 1 aliphatic carbocycles. The quantitative estimate of drug-likeness (QED) is 0.781. The minimum atomic E-state index is -1.11. The molecule has 0 fully saturated rings. The number of carbonyl (C=O) groups is 3. The maximum absolute atomic E-state index is 12.6. The van der Waals surface area contributed by atoms with Gasteiger partial charge in [-0.1, -0.05) is 18.2 Å². The molecule has 8 nitrogen and oxygen atoms in total. The van der Waals surface area contributed by atoms with Gasteiger partial charge in [0.1, 0.15) is 0 Å². The third-order valence-electron chi connectivity index (χ3n) is 4.35. The van der Waals surface area contributed by atoms with Crippen LogP contribution in [0.15, 0.2) is 30.3 Å². The molecule has 1 aromatic heterocycles. The van der Waals surface area contributed by atoms with Crippen molar-refractivity contribution in [2.24, 2.45) is 0 Å². The maximum atomic E-state index is 12.6. The van der Waals surface area contributed by atoms with E-state index in [4.69, 9.17) is 4.74 Å². The number of nitrogens with zero attached hydrogens (tertiary/aromatic N) is 2. The molecule has 1 aromatic carbocycles. The second kappa shape index (κ2) is 8.03. The van der Waals surface area contributed by atoms with E-state index in [2.05, 4.69) is 15.7 Å². The van der Waals surface area contributed by atoms with Crippen LogP contribution in [0, 0.1) is 0 Å². The molecule has 0 saturated heterocycles. The summed E-state index contributed by atoms with van der Waals surface area (Å²) in [5.74, 6) is -1.35. The van der Waals surface area contributed by atoms with Crippen molar-refractivity contribution in [3.63, 3.8) is 0 Å². The van der Waals surface area contributed by atoms with Gasteiger partial charge >= 0.3 is 12.0 Å². The fourth-order valence-electron chi connectivity index (χ4n) is 3.07. The Balaban J connectivity index is 1.76. The van der Waals surface area contributed by atoms with Crippen molar-refractivity contribution in [2.75, 3.05) is 6.54 Å². The van der Waals surface area contributed by atoms with E-state index < -0.39 is 24.0 Å². The number of urea groups is 1. The molecular weight excluding hydrogens is 348 g/mol. The average molecular weight is 370 g/mol. The van der Waals surface area contributed by atoms with Gasteiger partial charge in [0.25, 0.3) is 5.91 Å². The molecule has 0 bridgehead atoms. The molecule has 3 amide bonds. The number of hydrogen-bond acceptors (Lipinski definition) is 5. The van der Waals surface area contributed by atoms with E-state index in [1.807, 2.05) is 30.3 Å². The van der Waals surface area contributed by atoms with E-state index in [0.29, 0.717) is 6.54 Å². The van der Waals surface area contributed by atoms with Crippen molar-refractivity contribution in [1.29, 1.82) is 0 Å². The van der Waals surface area contributed by atoms with Crippen LogP contribution in [-0.4, -0.2) is 40.3 Å². The molecule has 0 radical (unpaired) electrons. The Hall–Kier alpha value is -3.16. The minimum Gasteiger partial charge on any atom is -0.448 e. The Bertz CT molecular complexity index is 860. The van der Waals surface area contributed by atoms with Gasteiger partial charge in [0, 0.05) is 17.8 Å². The summed E-state index contributed by atoms with van der Waals surface area (Å²) in [5.41, 5.74) is 2.95. The van der Waals surface area contributed by atoms with Gasteiger partial charge in [0.15, 0.2) is 11.8 Å². The summed E-state index contributed by atoms with van der Waals surface area (Å²) < 4.78 is 7.01. The third-order valence-corrected chi connectivity index (χ3v) is 4.35. The number of imide groups is 1. The molecule has 1 atom stereocenters. The molecule has 27 heavy (non-hydrogen) atoms. The first-order chi connectivity index (χ1) is 13.0. The lowest BCUT2D eigenvalue weighted by Gasteiger charge is -2.12. The summed E-state index contributed by atoms with van der Waals surface area (Å²) in [6.45, 7) is 3.54. The summed E-state index contributed by atoms with van der Waals surface area (Å²) in [6, 6.07) is 8.94. The standard InChI is InChI=1S/C19H22N4O4/c1-3-20-19(26)21-17(24)12(2)27-18(25)16-14-10-7-11-15(14)23(22-16)13-8-5-4-6-9-13/h4-6,8-9,12H,3,7,10-11H2,1-2H3,(H2,20,21,24,26). The normalized spacial score (nSPS) is 13.6. The summed E-state index contributed by atoms with van der Waals surface area (Å²) >= 11 is 0. The number of ether oxygens (including phenoxy) is 1. The highest BCUT2D eigenvalue weighted by atomic mass is 16.5. The first-order valence-corrected chi connectivity index (χ1v) is 8.97. The lowest BCUT2D eigenvalue weighted by molar-refractivity contribution is -0.127. The molecule has 142 valence electrons. The zero-order valence-corrected chi connectivity index (χ0v) is 15.3. The van der Waals surface area contributed by atoms with Crippen LogP contribution in [0.2, 0.25) is 0 Å². The van der Waals surface area contributed by atoms with Gasteiger partial charge in [-0.05, 0) is 45.2 Å². The Kier molecular flexibility index (Phi) is 5.54. The number of carbonyl (C=O) groups excluding carboxylic acids is 3. The highest BCUT2D eigenvalue weighted by Crippen LogP contribution is 2.28. The van der Waals surface area contributed by atoms with Crippen molar-refractivity contribution in [3.8, 4) is 5.69 Å². The average Bonchev–Trinajstić information content (AvgIpc) is 3.24. The van der Waals surface area contributed by atoms with Gasteiger partial charge in [-0.15, -0.1) is 0 Å². The Morgan fingerprint density at radius 2 is 1.96 bits per heavy atom. The maximum Gasteiger partial charge on any atom is 0.359 e. The van der Waals surface area contributed by atoms with Gasteiger partial charge in [0.05, 0.1) is 5.69 Å². The molecule has 1 aliphatic rings. The monoisotopic (exact) mass is 370 g/mol. The molecule has 2 aromatic rings. The largest absolute Gasteiger partial charge is 0.448 e. The van der Waals surface area contributed by atoms with Gasteiger partial charge in [-0.3, -0.25) is 10.1 Å². The summed E-state index contributed by atoms with van der Waals surface area (Å²) in [4.78, 5) is 36.0. The van der Waals surface area contributed by atoms with Gasteiger partial charge in [-0.25, -0.2) is 14.3 Å². The van der Waals surface area contributed by atoms with Crippen LogP contribution in [-0.2, 0) is 22.4 Å². The second-order valence-corrected chi connectivity index (χ2v) is 6.27. The lowest BCUT2D eigenvalue weighted by atomic mass is 10.2. The number of nitrogens with one attached hydrogen (secondary N) is 2. The van der Waals surface area contributed by atoms with E-state index in [1.165, 1.54) is 6.92 Å². The SMILES string of the molecule is CCNC(=O)NC(=O)C(C)OC(=O)c1nn(-c2ccccc2)c2c1CCC2. The topological polar surface area (TPSA) is 102 Å². The number of aromatic nitrogens is 2.